The van der Waals surface area contributed by atoms with E-state index in [4.69, 9.17) is 35.7 Å². The number of benzene rings is 3. The minimum atomic E-state index is -0.625. The van der Waals surface area contributed by atoms with E-state index in [2.05, 4.69) is 0 Å². The number of rotatable bonds is 9. The lowest BCUT2D eigenvalue weighted by Crippen LogP contribution is -2.14. The molecule has 3 aromatic carbocycles. The summed E-state index contributed by atoms with van der Waals surface area (Å²) in [6.07, 6.45) is 4.28. The van der Waals surface area contributed by atoms with E-state index < -0.39 is 11.9 Å². The number of nitrogen functional groups attached to an aromatic ring is 2. The molecule has 0 aliphatic carbocycles. The third-order valence-corrected chi connectivity index (χ3v) is 4.80. The van der Waals surface area contributed by atoms with Crippen LogP contribution < -0.4 is 25.7 Å². The standard InChI is InChI=1S/C26H23N3O6/c1-32-23-14-19(17-4-8-21(9-5-17)34-16-27)3-2-18(23)6-11-25(30)33-13-12-26(31)35-24-15-20(28)7-10-22(24)29/h2-11,14-15H,12-13,28-29H2,1H3/b11-6+. The number of nitrogens with two attached hydrogens (primary N) is 2. The molecule has 0 aromatic heterocycles. The first-order chi connectivity index (χ1) is 16.9. The molecule has 0 bridgehead atoms. The summed E-state index contributed by atoms with van der Waals surface area (Å²) < 4.78 is 20.4. The second kappa shape index (κ2) is 11.8. The van der Waals surface area contributed by atoms with Gasteiger partial charge in [-0.3, -0.25) is 4.79 Å². The topological polar surface area (TPSA) is 147 Å². The fraction of sp³-hybridized carbons (Fsp3) is 0.115. The van der Waals surface area contributed by atoms with E-state index in [1.807, 2.05) is 24.3 Å². The number of esters is 2. The van der Waals surface area contributed by atoms with E-state index in [0.717, 1.165) is 11.1 Å². The van der Waals surface area contributed by atoms with Crippen molar-refractivity contribution in [3.8, 4) is 34.6 Å². The highest BCUT2D eigenvalue weighted by Crippen LogP contribution is 2.29. The van der Waals surface area contributed by atoms with E-state index in [9.17, 15) is 9.59 Å². The Morgan fingerprint density at radius 3 is 2.43 bits per heavy atom. The largest absolute Gasteiger partial charge is 0.496 e. The molecule has 0 aliphatic heterocycles. The molecule has 3 aromatic rings. The van der Waals surface area contributed by atoms with E-state index >= 15 is 0 Å². The smallest absolute Gasteiger partial charge is 0.330 e. The van der Waals surface area contributed by atoms with Crippen LogP contribution in [0, 0.1) is 11.5 Å². The fourth-order valence-electron chi connectivity index (χ4n) is 3.05. The summed E-state index contributed by atoms with van der Waals surface area (Å²) in [6.45, 7) is -0.161. The molecular weight excluding hydrogens is 450 g/mol. The molecular formula is C26H23N3O6. The predicted molar refractivity (Wildman–Crippen MR) is 130 cm³/mol. The van der Waals surface area contributed by atoms with Crippen molar-refractivity contribution >= 4 is 29.4 Å². The third kappa shape index (κ3) is 7.00. The molecule has 0 fully saturated rings. The van der Waals surface area contributed by atoms with E-state index in [0.29, 0.717) is 22.7 Å². The van der Waals surface area contributed by atoms with Crippen molar-refractivity contribution in [3.05, 3.63) is 72.3 Å². The maximum absolute atomic E-state index is 12.1. The highest BCUT2D eigenvalue weighted by atomic mass is 16.5. The van der Waals surface area contributed by atoms with Gasteiger partial charge in [-0.05, 0) is 47.5 Å². The van der Waals surface area contributed by atoms with Gasteiger partial charge in [-0.15, -0.1) is 5.26 Å². The van der Waals surface area contributed by atoms with Gasteiger partial charge in [0.2, 0.25) is 0 Å². The van der Waals surface area contributed by atoms with E-state index in [-0.39, 0.29) is 24.5 Å². The zero-order valence-electron chi connectivity index (χ0n) is 18.9. The summed E-state index contributed by atoms with van der Waals surface area (Å²) in [5.74, 6) is -0.0807. The SMILES string of the molecule is COc1cc(-c2ccc(OC#N)cc2)ccc1/C=C/C(=O)OCCC(=O)Oc1cc(N)ccc1N. The Hall–Kier alpha value is -4.97. The lowest BCUT2D eigenvalue weighted by Gasteiger charge is -2.09. The van der Waals surface area contributed by atoms with Crippen molar-refractivity contribution in [2.75, 3.05) is 25.2 Å². The highest BCUT2D eigenvalue weighted by molar-refractivity contribution is 5.88. The Morgan fingerprint density at radius 2 is 1.71 bits per heavy atom. The fourth-order valence-corrected chi connectivity index (χ4v) is 3.05. The van der Waals surface area contributed by atoms with Gasteiger partial charge in [0.15, 0.2) is 5.75 Å². The van der Waals surface area contributed by atoms with Crippen LogP contribution in [0.25, 0.3) is 17.2 Å². The molecule has 9 nitrogen and oxygen atoms in total. The molecule has 0 heterocycles. The molecule has 0 saturated carbocycles. The Labute approximate surface area is 202 Å². The number of carbonyl (C=O) groups is 2. The molecule has 0 unspecified atom stereocenters. The van der Waals surface area contributed by atoms with Gasteiger partial charge in [0.1, 0.15) is 18.1 Å². The Morgan fingerprint density at radius 1 is 0.971 bits per heavy atom. The molecule has 0 spiro atoms. The highest BCUT2D eigenvalue weighted by Gasteiger charge is 2.10. The van der Waals surface area contributed by atoms with Crippen molar-refractivity contribution in [2.45, 2.75) is 6.42 Å². The number of ether oxygens (including phenoxy) is 4. The predicted octanol–water partition coefficient (Wildman–Crippen LogP) is 3.94. The number of hydrogen-bond donors (Lipinski definition) is 2. The van der Waals surface area contributed by atoms with Gasteiger partial charge < -0.3 is 30.4 Å². The average Bonchev–Trinajstić information content (AvgIpc) is 2.85. The molecule has 3 rings (SSSR count). The van der Waals surface area contributed by atoms with Crippen LogP contribution in [-0.4, -0.2) is 25.7 Å². The van der Waals surface area contributed by atoms with Crippen LogP contribution in [0.1, 0.15) is 12.0 Å². The zero-order valence-corrected chi connectivity index (χ0v) is 18.9. The molecule has 0 saturated heterocycles. The lowest BCUT2D eigenvalue weighted by molar-refractivity contribution is -0.141. The Bertz CT molecular complexity index is 1280. The van der Waals surface area contributed by atoms with Gasteiger partial charge in [-0.2, -0.15) is 0 Å². The number of hydrogen-bond acceptors (Lipinski definition) is 9. The molecule has 35 heavy (non-hydrogen) atoms. The summed E-state index contributed by atoms with van der Waals surface area (Å²) in [5, 5.41) is 8.58. The number of nitrogens with zero attached hydrogens (tertiary/aromatic N) is 1. The molecule has 0 radical (unpaired) electrons. The van der Waals surface area contributed by atoms with Gasteiger partial charge in [0.25, 0.3) is 6.26 Å². The van der Waals surface area contributed by atoms with Gasteiger partial charge in [0, 0.05) is 23.4 Å². The molecule has 4 N–H and O–H groups in total. The molecule has 9 heteroatoms. The summed E-state index contributed by atoms with van der Waals surface area (Å²) >= 11 is 0. The molecule has 0 aliphatic rings. The zero-order chi connectivity index (χ0) is 25.2. The summed E-state index contributed by atoms with van der Waals surface area (Å²) in [4.78, 5) is 24.0. The van der Waals surface area contributed by atoms with Crippen LogP contribution in [0.15, 0.2) is 66.7 Å². The number of anilines is 2. The van der Waals surface area contributed by atoms with Gasteiger partial charge in [-0.25, -0.2) is 4.79 Å². The number of methoxy groups -OCH3 is 1. The van der Waals surface area contributed by atoms with Crippen LogP contribution in [0.5, 0.6) is 17.2 Å². The monoisotopic (exact) mass is 473 g/mol. The maximum Gasteiger partial charge on any atom is 0.330 e. The summed E-state index contributed by atoms with van der Waals surface area (Å²) in [6, 6.07) is 17.1. The molecule has 178 valence electrons. The van der Waals surface area contributed by atoms with Crippen molar-refractivity contribution in [1.82, 2.24) is 0 Å². The Kier molecular flexibility index (Phi) is 8.29. The molecule has 0 atom stereocenters. The second-order valence-corrected chi connectivity index (χ2v) is 7.20. The number of carbonyl (C=O) groups excluding carboxylic acids is 2. The van der Waals surface area contributed by atoms with Crippen molar-refractivity contribution in [2.24, 2.45) is 0 Å². The van der Waals surface area contributed by atoms with Crippen LogP contribution in [-0.2, 0) is 14.3 Å². The number of nitriles is 1. The van der Waals surface area contributed by atoms with Crippen LogP contribution in [0.2, 0.25) is 0 Å². The minimum absolute atomic E-state index is 0.149. The average molecular weight is 473 g/mol. The van der Waals surface area contributed by atoms with Crippen molar-refractivity contribution < 1.29 is 28.5 Å². The van der Waals surface area contributed by atoms with Gasteiger partial charge >= 0.3 is 11.9 Å². The van der Waals surface area contributed by atoms with Crippen molar-refractivity contribution in [1.29, 1.82) is 5.26 Å². The second-order valence-electron chi connectivity index (χ2n) is 7.20. The van der Waals surface area contributed by atoms with Crippen LogP contribution >= 0.6 is 0 Å². The van der Waals surface area contributed by atoms with E-state index in [1.165, 1.54) is 25.3 Å². The summed E-state index contributed by atoms with van der Waals surface area (Å²) in [7, 11) is 1.53. The quantitative estimate of drug-likeness (QED) is 0.155. The van der Waals surface area contributed by atoms with Crippen molar-refractivity contribution in [3.63, 3.8) is 0 Å². The third-order valence-electron chi connectivity index (χ3n) is 4.80. The normalized spacial score (nSPS) is 10.4. The first kappa shape index (κ1) is 24.7. The van der Waals surface area contributed by atoms with Crippen LogP contribution in [0.3, 0.4) is 0 Å². The maximum atomic E-state index is 12.1. The minimum Gasteiger partial charge on any atom is -0.496 e. The summed E-state index contributed by atoms with van der Waals surface area (Å²) in [5.41, 5.74) is 14.5. The van der Waals surface area contributed by atoms with Crippen LogP contribution in [0.4, 0.5) is 11.4 Å². The molecule has 0 amide bonds. The van der Waals surface area contributed by atoms with Gasteiger partial charge in [-0.1, -0.05) is 24.3 Å². The van der Waals surface area contributed by atoms with Gasteiger partial charge in [0.05, 0.1) is 19.2 Å². The first-order valence-electron chi connectivity index (χ1n) is 10.4. The Balaban J connectivity index is 1.54. The van der Waals surface area contributed by atoms with E-state index in [1.54, 1.807) is 36.6 Å². The first-order valence-corrected chi connectivity index (χ1v) is 10.4. The lowest BCUT2D eigenvalue weighted by atomic mass is 10.0.